The molecule has 0 amide bonds. The van der Waals surface area contributed by atoms with Crippen LogP contribution in [0.2, 0.25) is 0 Å². The van der Waals surface area contributed by atoms with Gasteiger partial charge in [0, 0.05) is 16.5 Å². The Labute approximate surface area is 231 Å². The van der Waals surface area contributed by atoms with Crippen LogP contribution >= 0.6 is 0 Å². The summed E-state index contributed by atoms with van der Waals surface area (Å²) in [6.45, 7) is 4.74. The number of benzene rings is 4. The van der Waals surface area contributed by atoms with Gasteiger partial charge in [0.15, 0.2) is 0 Å². The zero-order valence-electron chi connectivity index (χ0n) is 22.5. The first-order valence-electron chi connectivity index (χ1n) is 13.9. The van der Waals surface area contributed by atoms with Crippen molar-refractivity contribution >= 4 is 5.57 Å². The standard InChI is InChI=1S/C38H31N/c1-38(2)34-19-10-9-18-32(34)33-21-20-30(23-35(33)38)28-16-11-17-29(22-28)31-24-36(26-12-5-3-6-13-26)39-37(25-31)27-14-7-4-8-15-27/h3-8,10-17,19-25H,9,18H2,1-2H3. The average Bonchev–Trinajstić information content (AvgIpc) is 3.24. The molecule has 0 saturated carbocycles. The van der Waals surface area contributed by atoms with E-state index in [0.717, 1.165) is 35.4 Å². The molecule has 0 atom stereocenters. The topological polar surface area (TPSA) is 12.9 Å². The molecule has 0 bridgehead atoms. The van der Waals surface area contributed by atoms with E-state index in [-0.39, 0.29) is 5.41 Å². The van der Waals surface area contributed by atoms with E-state index in [0.29, 0.717) is 0 Å². The minimum absolute atomic E-state index is 0.0372. The molecule has 1 heterocycles. The van der Waals surface area contributed by atoms with Crippen LogP contribution in [0.4, 0.5) is 0 Å². The number of hydrogen-bond donors (Lipinski definition) is 0. The molecule has 2 aliphatic carbocycles. The molecular weight excluding hydrogens is 470 g/mol. The van der Waals surface area contributed by atoms with Crippen LogP contribution in [0.15, 0.2) is 133 Å². The lowest BCUT2D eigenvalue weighted by Gasteiger charge is -2.24. The van der Waals surface area contributed by atoms with E-state index in [2.05, 4.69) is 141 Å². The Kier molecular flexibility index (Phi) is 5.67. The van der Waals surface area contributed by atoms with Crippen molar-refractivity contribution in [2.75, 3.05) is 0 Å². The van der Waals surface area contributed by atoms with Gasteiger partial charge in [0.25, 0.3) is 0 Å². The maximum Gasteiger partial charge on any atom is 0.0715 e. The summed E-state index contributed by atoms with van der Waals surface area (Å²) in [6.07, 6.45) is 6.98. The first-order chi connectivity index (χ1) is 19.1. The number of aromatic nitrogens is 1. The minimum atomic E-state index is 0.0372. The van der Waals surface area contributed by atoms with Crippen LogP contribution in [0.1, 0.15) is 37.8 Å². The van der Waals surface area contributed by atoms with Crippen LogP contribution in [0.3, 0.4) is 0 Å². The van der Waals surface area contributed by atoms with E-state index in [1.165, 1.54) is 44.5 Å². The Balaban J connectivity index is 1.32. The molecule has 188 valence electrons. The Hall–Kier alpha value is -4.49. The number of hydrogen-bond acceptors (Lipinski definition) is 1. The summed E-state index contributed by atoms with van der Waals surface area (Å²) >= 11 is 0. The Morgan fingerprint density at radius 1 is 0.564 bits per heavy atom. The maximum atomic E-state index is 5.06. The van der Waals surface area contributed by atoms with Crippen molar-refractivity contribution in [2.24, 2.45) is 0 Å². The average molecular weight is 502 g/mol. The fourth-order valence-electron chi connectivity index (χ4n) is 6.27. The van der Waals surface area contributed by atoms with Crippen LogP contribution < -0.4 is 0 Å². The summed E-state index contributed by atoms with van der Waals surface area (Å²) in [6, 6.07) is 41.4. The number of pyridine rings is 1. The summed E-state index contributed by atoms with van der Waals surface area (Å²) < 4.78 is 0. The largest absolute Gasteiger partial charge is 0.248 e. The van der Waals surface area contributed by atoms with Crippen LogP contribution in [0, 0.1) is 0 Å². The van der Waals surface area contributed by atoms with Gasteiger partial charge in [-0.3, -0.25) is 0 Å². The van der Waals surface area contributed by atoms with Crippen molar-refractivity contribution in [2.45, 2.75) is 32.1 Å². The summed E-state index contributed by atoms with van der Waals surface area (Å²) in [5.41, 5.74) is 15.1. The van der Waals surface area contributed by atoms with Gasteiger partial charge < -0.3 is 0 Å². The van der Waals surface area contributed by atoms with E-state index >= 15 is 0 Å². The van der Waals surface area contributed by atoms with Gasteiger partial charge >= 0.3 is 0 Å². The molecule has 2 aliphatic rings. The predicted molar refractivity (Wildman–Crippen MR) is 164 cm³/mol. The monoisotopic (exact) mass is 501 g/mol. The lowest BCUT2D eigenvalue weighted by atomic mass is 9.79. The van der Waals surface area contributed by atoms with Crippen LogP contribution in [-0.4, -0.2) is 4.98 Å². The van der Waals surface area contributed by atoms with Crippen LogP contribution in [-0.2, 0) is 5.41 Å². The highest BCUT2D eigenvalue weighted by molar-refractivity contribution is 5.86. The van der Waals surface area contributed by atoms with Crippen LogP contribution in [0.25, 0.3) is 50.3 Å². The highest BCUT2D eigenvalue weighted by Crippen LogP contribution is 2.50. The van der Waals surface area contributed by atoms with Gasteiger partial charge in [0.1, 0.15) is 0 Å². The molecule has 0 fully saturated rings. The third kappa shape index (κ3) is 4.15. The molecule has 4 aromatic carbocycles. The lowest BCUT2D eigenvalue weighted by molar-refractivity contribution is 0.651. The molecule has 1 aromatic heterocycles. The lowest BCUT2D eigenvalue weighted by Crippen LogP contribution is -2.16. The smallest absolute Gasteiger partial charge is 0.0715 e. The second-order valence-corrected chi connectivity index (χ2v) is 11.2. The normalized spacial score (nSPS) is 15.2. The Morgan fingerprint density at radius 2 is 1.15 bits per heavy atom. The van der Waals surface area contributed by atoms with Crippen molar-refractivity contribution < 1.29 is 0 Å². The molecule has 0 unspecified atom stereocenters. The second kappa shape index (κ2) is 9.36. The molecule has 7 rings (SSSR count). The van der Waals surface area contributed by atoms with Gasteiger partial charge in [0.2, 0.25) is 0 Å². The molecule has 39 heavy (non-hydrogen) atoms. The SMILES string of the molecule is CC1(C)C2=C(CCC=C2)c2ccc(-c3cccc(-c4cc(-c5ccccc5)nc(-c5ccccc5)c4)c3)cc21. The summed E-state index contributed by atoms with van der Waals surface area (Å²) in [5, 5.41) is 0. The third-order valence-corrected chi connectivity index (χ3v) is 8.36. The van der Waals surface area contributed by atoms with Crippen LogP contribution in [0.5, 0.6) is 0 Å². The Morgan fingerprint density at radius 3 is 1.82 bits per heavy atom. The molecule has 0 N–H and O–H groups in total. The van der Waals surface area contributed by atoms with Crippen molar-refractivity contribution in [3.8, 4) is 44.8 Å². The van der Waals surface area contributed by atoms with E-state index in [1.807, 2.05) is 0 Å². The zero-order valence-corrected chi connectivity index (χ0v) is 22.5. The molecule has 0 spiro atoms. The number of fused-ring (bicyclic) bond motifs is 2. The fraction of sp³-hybridized carbons (Fsp3) is 0.132. The van der Waals surface area contributed by atoms with Crippen molar-refractivity contribution in [1.82, 2.24) is 4.98 Å². The second-order valence-electron chi connectivity index (χ2n) is 11.2. The Bertz CT molecular complexity index is 1700. The van der Waals surface area contributed by atoms with Crippen molar-refractivity contribution in [3.05, 3.63) is 144 Å². The summed E-state index contributed by atoms with van der Waals surface area (Å²) in [4.78, 5) is 5.06. The van der Waals surface area contributed by atoms with Gasteiger partial charge in [0.05, 0.1) is 11.4 Å². The highest BCUT2D eigenvalue weighted by Gasteiger charge is 2.37. The van der Waals surface area contributed by atoms with Gasteiger partial charge in [-0.1, -0.05) is 117 Å². The van der Waals surface area contributed by atoms with Crippen molar-refractivity contribution in [3.63, 3.8) is 0 Å². The molecule has 0 saturated heterocycles. The molecule has 0 aliphatic heterocycles. The van der Waals surface area contributed by atoms with Gasteiger partial charge in [-0.25, -0.2) is 4.98 Å². The minimum Gasteiger partial charge on any atom is -0.248 e. The third-order valence-electron chi connectivity index (χ3n) is 8.36. The maximum absolute atomic E-state index is 5.06. The van der Waals surface area contributed by atoms with Crippen molar-refractivity contribution in [1.29, 1.82) is 0 Å². The van der Waals surface area contributed by atoms with E-state index in [1.54, 1.807) is 0 Å². The summed E-state index contributed by atoms with van der Waals surface area (Å²) in [7, 11) is 0. The molecule has 0 radical (unpaired) electrons. The van der Waals surface area contributed by atoms with E-state index in [4.69, 9.17) is 4.98 Å². The number of nitrogens with zero attached hydrogens (tertiary/aromatic N) is 1. The van der Waals surface area contributed by atoms with Gasteiger partial charge in [-0.2, -0.15) is 0 Å². The number of allylic oxidation sites excluding steroid dienone is 4. The number of rotatable bonds is 4. The molecule has 5 aromatic rings. The van der Waals surface area contributed by atoms with Gasteiger partial charge in [-0.15, -0.1) is 0 Å². The summed E-state index contributed by atoms with van der Waals surface area (Å²) in [5.74, 6) is 0. The highest BCUT2D eigenvalue weighted by atomic mass is 14.7. The van der Waals surface area contributed by atoms with Gasteiger partial charge in [-0.05, 0) is 81.6 Å². The van der Waals surface area contributed by atoms with E-state index < -0.39 is 0 Å². The quantitative estimate of drug-likeness (QED) is 0.239. The molecular formula is C38H31N. The first kappa shape index (κ1) is 23.6. The zero-order chi connectivity index (χ0) is 26.4. The molecule has 1 heteroatoms. The predicted octanol–water partition coefficient (Wildman–Crippen LogP) is 10.1. The van der Waals surface area contributed by atoms with E-state index in [9.17, 15) is 0 Å². The fourth-order valence-corrected chi connectivity index (χ4v) is 6.27. The molecule has 1 nitrogen and oxygen atoms in total. The first-order valence-corrected chi connectivity index (χ1v) is 13.9.